The number of aromatic nitrogens is 2. The molecule has 4 rings (SSSR count). The lowest BCUT2D eigenvalue weighted by Crippen LogP contribution is -2.48. The Morgan fingerprint density at radius 2 is 2.04 bits per heavy atom. The van der Waals surface area contributed by atoms with Crippen LogP contribution in [0, 0.1) is 0 Å². The zero-order valence-corrected chi connectivity index (χ0v) is 14.7. The van der Waals surface area contributed by atoms with Crippen molar-refractivity contribution in [2.75, 3.05) is 0 Å². The molecule has 1 fully saturated rings. The lowest BCUT2D eigenvalue weighted by Gasteiger charge is -2.35. The third-order valence-corrected chi connectivity index (χ3v) is 4.80. The van der Waals surface area contributed by atoms with Gasteiger partial charge in [-0.25, -0.2) is 4.52 Å². The first kappa shape index (κ1) is 16.9. The van der Waals surface area contributed by atoms with Crippen molar-refractivity contribution in [1.82, 2.24) is 14.9 Å². The van der Waals surface area contributed by atoms with Gasteiger partial charge in [0.1, 0.15) is 11.9 Å². The Morgan fingerprint density at radius 1 is 1.27 bits per heavy atom. The Balaban J connectivity index is 1.34. The molecule has 1 saturated carbocycles. The normalized spacial score (nSPS) is 19.2. The quantitative estimate of drug-likeness (QED) is 0.723. The maximum atomic E-state index is 12.5. The second kappa shape index (κ2) is 6.97. The van der Waals surface area contributed by atoms with E-state index in [4.69, 9.17) is 16.3 Å². The summed E-state index contributed by atoms with van der Waals surface area (Å²) < 4.78 is 7.46. The van der Waals surface area contributed by atoms with Crippen molar-refractivity contribution in [3.05, 3.63) is 64.9 Å². The van der Waals surface area contributed by atoms with Crippen molar-refractivity contribution in [2.24, 2.45) is 0 Å². The second-order valence-electron chi connectivity index (χ2n) is 6.42. The fourth-order valence-corrected chi connectivity index (χ4v) is 3.17. The molecule has 0 spiro atoms. The van der Waals surface area contributed by atoms with E-state index in [0.717, 1.165) is 24.2 Å². The summed E-state index contributed by atoms with van der Waals surface area (Å²) in [5, 5.41) is 17.1. The number of nitrogens with one attached hydrogen (secondary N) is 1. The summed E-state index contributed by atoms with van der Waals surface area (Å²) in [6.45, 7) is -0.0611. The van der Waals surface area contributed by atoms with Gasteiger partial charge in [0.25, 0.3) is 5.91 Å². The van der Waals surface area contributed by atoms with Crippen molar-refractivity contribution >= 4 is 23.0 Å². The van der Waals surface area contributed by atoms with Crippen LogP contribution in [0.2, 0.25) is 5.02 Å². The number of halogens is 1. The van der Waals surface area contributed by atoms with Crippen LogP contribution in [-0.2, 0) is 6.61 Å². The van der Waals surface area contributed by atoms with Gasteiger partial charge in [0.05, 0.1) is 23.9 Å². The van der Waals surface area contributed by atoms with E-state index in [-0.39, 0.29) is 24.7 Å². The van der Waals surface area contributed by atoms with Gasteiger partial charge in [0, 0.05) is 30.1 Å². The third-order valence-electron chi connectivity index (χ3n) is 4.55. The van der Waals surface area contributed by atoms with Crippen molar-refractivity contribution in [3.63, 3.8) is 0 Å². The van der Waals surface area contributed by atoms with Gasteiger partial charge in [-0.15, -0.1) is 0 Å². The molecule has 6 nitrogen and oxygen atoms in total. The van der Waals surface area contributed by atoms with E-state index in [1.54, 1.807) is 41.2 Å². The van der Waals surface area contributed by atoms with E-state index in [1.807, 2.05) is 12.1 Å². The summed E-state index contributed by atoms with van der Waals surface area (Å²) in [7, 11) is 0. The number of benzene rings is 1. The minimum atomic E-state index is -0.147. The summed E-state index contributed by atoms with van der Waals surface area (Å²) in [5.41, 5.74) is 1.98. The first-order chi connectivity index (χ1) is 12.6. The molecule has 1 amide bonds. The number of carbonyl (C=O) groups excluding carboxylic acids is 1. The molecule has 0 radical (unpaired) electrons. The number of rotatable bonds is 5. The number of pyridine rings is 1. The molecule has 3 aromatic rings. The highest BCUT2D eigenvalue weighted by Crippen LogP contribution is 2.27. The molecular weight excluding hydrogens is 354 g/mol. The zero-order chi connectivity index (χ0) is 18.1. The number of hydrogen-bond acceptors (Lipinski definition) is 4. The van der Waals surface area contributed by atoms with E-state index in [0.29, 0.717) is 16.1 Å². The van der Waals surface area contributed by atoms with Gasteiger partial charge in [-0.05, 0) is 35.9 Å². The first-order valence-corrected chi connectivity index (χ1v) is 8.80. The fourth-order valence-electron chi connectivity index (χ4n) is 3.04. The van der Waals surface area contributed by atoms with Crippen LogP contribution in [0.5, 0.6) is 5.75 Å². The predicted molar refractivity (Wildman–Crippen MR) is 97.5 cm³/mol. The van der Waals surface area contributed by atoms with Crippen LogP contribution in [0.25, 0.3) is 5.52 Å². The summed E-state index contributed by atoms with van der Waals surface area (Å²) in [4.78, 5) is 12.5. The topological polar surface area (TPSA) is 75.9 Å². The molecule has 0 bridgehead atoms. The average Bonchev–Trinajstić information content (AvgIpc) is 3.04. The smallest absolute Gasteiger partial charge is 0.255 e. The Kier molecular flexibility index (Phi) is 4.53. The number of aliphatic hydroxyl groups is 1. The molecule has 7 heteroatoms. The molecule has 0 aliphatic heterocycles. The molecular formula is C19H18ClN3O3. The molecule has 2 aromatic heterocycles. The highest BCUT2D eigenvalue weighted by Gasteiger charge is 2.32. The highest BCUT2D eigenvalue weighted by molar-refractivity contribution is 6.30. The molecule has 2 N–H and O–H groups in total. The van der Waals surface area contributed by atoms with Crippen molar-refractivity contribution < 1.29 is 14.6 Å². The molecule has 1 aliphatic carbocycles. The number of fused-ring (bicyclic) bond motifs is 1. The lowest BCUT2D eigenvalue weighted by atomic mass is 9.89. The average molecular weight is 372 g/mol. The van der Waals surface area contributed by atoms with E-state index >= 15 is 0 Å². The highest BCUT2D eigenvalue weighted by atomic mass is 35.5. The Bertz CT molecular complexity index is 933. The lowest BCUT2D eigenvalue weighted by molar-refractivity contribution is 0.0702. The van der Waals surface area contributed by atoms with Crippen LogP contribution in [0.15, 0.2) is 48.8 Å². The monoisotopic (exact) mass is 371 g/mol. The van der Waals surface area contributed by atoms with E-state index in [2.05, 4.69) is 10.4 Å². The predicted octanol–water partition coefficient (Wildman–Crippen LogP) is 2.82. The minimum absolute atomic E-state index is 0.0611. The number of nitrogens with zero attached hydrogens (tertiary/aromatic N) is 2. The van der Waals surface area contributed by atoms with Crippen molar-refractivity contribution in [1.29, 1.82) is 0 Å². The number of ether oxygens (including phenoxy) is 1. The Hall–Kier alpha value is -2.57. The second-order valence-corrected chi connectivity index (χ2v) is 6.86. The molecule has 0 saturated heterocycles. The van der Waals surface area contributed by atoms with Crippen LogP contribution in [0.4, 0.5) is 0 Å². The molecule has 1 aliphatic rings. The number of aliphatic hydroxyl groups excluding tert-OH is 1. The summed E-state index contributed by atoms with van der Waals surface area (Å²) >= 11 is 5.86. The van der Waals surface area contributed by atoms with E-state index in [9.17, 15) is 9.90 Å². The van der Waals surface area contributed by atoms with Gasteiger partial charge in [0.15, 0.2) is 0 Å². The molecule has 134 valence electrons. The van der Waals surface area contributed by atoms with Gasteiger partial charge < -0.3 is 15.2 Å². The molecule has 1 aromatic carbocycles. The first-order valence-electron chi connectivity index (χ1n) is 8.42. The zero-order valence-electron chi connectivity index (χ0n) is 13.9. The van der Waals surface area contributed by atoms with Gasteiger partial charge in [-0.3, -0.25) is 4.79 Å². The van der Waals surface area contributed by atoms with Crippen LogP contribution >= 0.6 is 11.6 Å². The number of carbonyl (C=O) groups is 1. The van der Waals surface area contributed by atoms with E-state index < -0.39 is 0 Å². The van der Waals surface area contributed by atoms with Crippen LogP contribution in [-0.4, -0.2) is 32.8 Å². The third kappa shape index (κ3) is 3.38. The summed E-state index contributed by atoms with van der Waals surface area (Å²) in [6, 6.07) is 10.9. The number of amides is 1. The van der Waals surface area contributed by atoms with Crippen LogP contribution < -0.4 is 10.1 Å². The summed E-state index contributed by atoms with van der Waals surface area (Å²) in [5.74, 6) is 0.637. The van der Waals surface area contributed by atoms with Crippen molar-refractivity contribution in [3.8, 4) is 5.75 Å². The standard InChI is InChI=1S/C19H18ClN3O3/c20-13-2-4-15(5-3-13)26-16-7-14(8-16)22-19(25)17-9-21-23-10-12(11-24)1-6-18(17)23/h1-6,9-10,14,16,24H,7-8,11H2,(H,22,25)/t14-,16-. The molecule has 0 atom stereocenters. The Morgan fingerprint density at radius 3 is 2.77 bits per heavy atom. The molecule has 26 heavy (non-hydrogen) atoms. The Labute approximate surface area is 155 Å². The van der Waals surface area contributed by atoms with Crippen molar-refractivity contribution in [2.45, 2.75) is 31.6 Å². The van der Waals surface area contributed by atoms with E-state index in [1.165, 1.54) is 0 Å². The van der Waals surface area contributed by atoms with Gasteiger partial charge in [-0.2, -0.15) is 5.10 Å². The van der Waals surface area contributed by atoms with Gasteiger partial charge >= 0.3 is 0 Å². The molecule has 0 unspecified atom stereocenters. The maximum Gasteiger partial charge on any atom is 0.255 e. The minimum Gasteiger partial charge on any atom is -0.490 e. The maximum absolute atomic E-state index is 12.5. The number of hydrogen-bond donors (Lipinski definition) is 2. The van der Waals surface area contributed by atoms with Crippen LogP contribution in [0.3, 0.4) is 0 Å². The van der Waals surface area contributed by atoms with Gasteiger partial charge in [-0.1, -0.05) is 17.7 Å². The van der Waals surface area contributed by atoms with Gasteiger partial charge in [0.2, 0.25) is 0 Å². The summed E-state index contributed by atoms with van der Waals surface area (Å²) in [6.07, 6.45) is 4.89. The fraction of sp³-hybridized carbons (Fsp3) is 0.263. The van der Waals surface area contributed by atoms with Crippen LogP contribution in [0.1, 0.15) is 28.8 Å². The molecule has 2 heterocycles. The SMILES string of the molecule is O=C(N[C@H]1C[C@H](Oc2ccc(Cl)cc2)C1)c1cnn2cc(CO)ccc12. The largest absolute Gasteiger partial charge is 0.490 e.